The van der Waals surface area contributed by atoms with Crippen LogP contribution >= 0.6 is 0 Å². The summed E-state index contributed by atoms with van der Waals surface area (Å²) in [5, 5.41) is 23.3. The monoisotopic (exact) mass is 540 g/mol. The number of aliphatic hydroxyl groups is 2. The molecule has 0 saturated carbocycles. The molecule has 1 aliphatic heterocycles. The Morgan fingerprint density at radius 2 is 0.975 bits per heavy atom. The van der Waals surface area contributed by atoms with Crippen LogP contribution in [0.15, 0.2) is 121 Å². The van der Waals surface area contributed by atoms with Crippen LogP contribution in [0.5, 0.6) is 0 Å². The van der Waals surface area contributed by atoms with Crippen molar-refractivity contribution in [3.05, 3.63) is 144 Å². The van der Waals surface area contributed by atoms with E-state index >= 15 is 0 Å². The van der Waals surface area contributed by atoms with Crippen molar-refractivity contribution in [3.8, 4) is 0 Å². The first-order valence-electron chi connectivity index (χ1n) is 13.6. The van der Waals surface area contributed by atoms with Gasteiger partial charge >= 0.3 is 0 Å². The third-order valence-corrected chi connectivity index (χ3v) is 7.19. The highest BCUT2D eigenvalue weighted by Gasteiger charge is 2.55. The molecular formula is C34H36O6. The Balaban J connectivity index is 1.41. The van der Waals surface area contributed by atoms with Crippen LogP contribution in [0.3, 0.4) is 0 Å². The fraction of sp³-hybridized carbons (Fsp3) is 0.294. The van der Waals surface area contributed by atoms with Crippen molar-refractivity contribution in [1.82, 2.24) is 0 Å². The molecule has 1 fully saturated rings. The molecule has 1 saturated heterocycles. The van der Waals surface area contributed by atoms with Crippen molar-refractivity contribution in [1.29, 1.82) is 0 Å². The van der Waals surface area contributed by atoms with Gasteiger partial charge in [0.25, 0.3) is 0 Å². The van der Waals surface area contributed by atoms with Crippen molar-refractivity contribution < 1.29 is 29.2 Å². The third-order valence-electron chi connectivity index (χ3n) is 7.19. The molecule has 5 rings (SSSR count). The molecule has 0 aromatic heterocycles. The largest absolute Gasteiger partial charge is 0.387 e. The van der Waals surface area contributed by atoms with E-state index in [1.165, 1.54) is 0 Å². The van der Waals surface area contributed by atoms with E-state index in [9.17, 15) is 10.2 Å². The van der Waals surface area contributed by atoms with Crippen molar-refractivity contribution >= 4 is 0 Å². The summed E-state index contributed by atoms with van der Waals surface area (Å²) in [6.07, 6.45) is -3.99. The number of hydrogen-bond acceptors (Lipinski definition) is 6. The Labute approximate surface area is 235 Å². The smallest absolute Gasteiger partial charge is 0.184 e. The lowest BCUT2D eigenvalue weighted by Gasteiger charge is -2.50. The molecule has 4 aromatic rings. The Morgan fingerprint density at radius 1 is 0.550 bits per heavy atom. The minimum Gasteiger partial charge on any atom is -0.387 e. The zero-order chi connectivity index (χ0) is 27.6. The van der Waals surface area contributed by atoms with E-state index in [1.807, 2.05) is 121 Å². The van der Waals surface area contributed by atoms with Crippen molar-refractivity contribution in [2.45, 2.75) is 56.4 Å². The molecule has 1 aliphatic rings. The van der Waals surface area contributed by atoms with Gasteiger partial charge in [-0.3, -0.25) is 0 Å². The van der Waals surface area contributed by atoms with Gasteiger partial charge < -0.3 is 29.2 Å². The van der Waals surface area contributed by atoms with Crippen LogP contribution in [0.25, 0.3) is 0 Å². The molecule has 2 N–H and O–H groups in total. The highest BCUT2D eigenvalue weighted by atomic mass is 16.7. The first-order valence-corrected chi connectivity index (χ1v) is 13.6. The molecule has 0 unspecified atom stereocenters. The molecule has 40 heavy (non-hydrogen) atoms. The van der Waals surface area contributed by atoms with Gasteiger partial charge in [-0.1, -0.05) is 121 Å². The van der Waals surface area contributed by atoms with E-state index in [0.717, 1.165) is 22.3 Å². The molecule has 4 aromatic carbocycles. The second kappa shape index (κ2) is 13.8. The summed E-state index contributed by atoms with van der Waals surface area (Å²) in [6, 6.07) is 39.0. The maximum Gasteiger partial charge on any atom is 0.184 e. The van der Waals surface area contributed by atoms with Crippen LogP contribution in [0.2, 0.25) is 0 Å². The van der Waals surface area contributed by atoms with Crippen LogP contribution in [-0.2, 0) is 45.2 Å². The van der Waals surface area contributed by atoms with E-state index in [4.69, 9.17) is 18.9 Å². The van der Waals surface area contributed by atoms with Gasteiger partial charge in [-0.2, -0.15) is 0 Å². The van der Waals surface area contributed by atoms with Gasteiger partial charge in [-0.25, -0.2) is 0 Å². The third kappa shape index (κ3) is 7.23. The minimum atomic E-state index is -1.35. The number of hydrogen-bond donors (Lipinski definition) is 2. The van der Waals surface area contributed by atoms with Gasteiger partial charge in [-0.15, -0.1) is 0 Å². The number of aliphatic hydroxyl groups excluding tert-OH is 2. The second-order valence-electron chi connectivity index (χ2n) is 10.2. The van der Waals surface area contributed by atoms with Gasteiger partial charge in [-0.05, 0) is 22.3 Å². The quantitative estimate of drug-likeness (QED) is 0.262. The molecule has 0 aliphatic carbocycles. The maximum absolute atomic E-state index is 12.0. The molecule has 1 heterocycles. The van der Waals surface area contributed by atoms with Crippen LogP contribution in [-0.4, -0.2) is 47.0 Å². The molecule has 0 amide bonds. The summed E-state index contributed by atoms with van der Waals surface area (Å²) in [6.45, 7) is 0.867. The zero-order valence-electron chi connectivity index (χ0n) is 22.4. The molecule has 208 valence electrons. The zero-order valence-corrected chi connectivity index (χ0v) is 22.4. The first-order chi connectivity index (χ1) is 19.6. The highest BCUT2D eigenvalue weighted by molar-refractivity contribution is 5.21. The van der Waals surface area contributed by atoms with Crippen molar-refractivity contribution in [3.63, 3.8) is 0 Å². The van der Waals surface area contributed by atoms with Crippen LogP contribution < -0.4 is 0 Å². The lowest BCUT2D eigenvalue weighted by molar-refractivity contribution is -0.344. The number of benzene rings is 4. The van der Waals surface area contributed by atoms with Gasteiger partial charge in [0.05, 0.1) is 26.4 Å². The van der Waals surface area contributed by atoms with E-state index in [-0.39, 0.29) is 19.8 Å². The minimum absolute atomic E-state index is 0.0472. The summed E-state index contributed by atoms with van der Waals surface area (Å²) >= 11 is 0. The molecule has 0 bridgehead atoms. The van der Waals surface area contributed by atoms with Crippen LogP contribution in [0.4, 0.5) is 0 Å². The molecular weight excluding hydrogens is 504 g/mol. The Bertz CT molecular complexity index is 1270. The molecule has 6 nitrogen and oxygen atoms in total. The van der Waals surface area contributed by atoms with Gasteiger partial charge in [0.15, 0.2) is 6.29 Å². The van der Waals surface area contributed by atoms with Gasteiger partial charge in [0, 0.05) is 6.42 Å². The average molecular weight is 541 g/mol. The highest BCUT2D eigenvalue weighted by Crippen LogP contribution is 2.36. The normalized spacial score (nSPS) is 24.6. The van der Waals surface area contributed by atoms with Crippen molar-refractivity contribution in [2.75, 3.05) is 6.61 Å². The van der Waals surface area contributed by atoms with Crippen LogP contribution in [0, 0.1) is 0 Å². The van der Waals surface area contributed by atoms with E-state index in [0.29, 0.717) is 13.0 Å². The maximum atomic E-state index is 12.0. The van der Waals surface area contributed by atoms with Gasteiger partial charge in [0.1, 0.15) is 23.9 Å². The molecule has 0 spiro atoms. The summed E-state index contributed by atoms with van der Waals surface area (Å²) in [5.41, 5.74) is 2.57. The first kappa shape index (κ1) is 28.2. The predicted octanol–water partition coefficient (Wildman–Crippen LogP) is 5.07. The standard InChI is InChI=1S/C34H36O6/c35-32-30(38-23-28-17-9-3-10-18-28)31(39-24-29-19-11-4-12-20-29)33(36)40-34(32,21-26-13-5-1-6-14-26)25-37-22-27-15-7-2-8-16-27/h1-20,30-33,35-36H,21-25H2/t30-,31-,32+,33+,34-/m1/s1. The topological polar surface area (TPSA) is 77.4 Å². The fourth-order valence-electron chi connectivity index (χ4n) is 5.09. The second-order valence-corrected chi connectivity index (χ2v) is 10.2. The summed E-state index contributed by atoms with van der Waals surface area (Å²) in [7, 11) is 0. The predicted molar refractivity (Wildman–Crippen MR) is 152 cm³/mol. The molecule has 0 radical (unpaired) electrons. The molecule has 6 heteroatoms. The van der Waals surface area contributed by atoms with E-state index in [2.05, 4.69) is 0 Å². The number of ether oxygens (including phenoxy) is 4. The summed E-state index contributed by atoms with van der Waals surface area (Å²) in [4.78, 5) is 0. The van der Waals surface area contributed by atoms with Crippen molar-refractivity contribution in [2.24, 2.45) is 0 Å². The fourth-order valence-corrected chi connectivity index (χ4v) is 5.09. The molecule has 5 atom stereocenters. The number of rotatable bonds is 12. The lowest BCUT2D eigenvalue weighted by atomic mass is 9.82. The Kier molecular flexibility index (Phi) is 9.73. The van der Waals surface area contributed by atoms with Gasteiger partial charge in [0.2, 0.25) is 0 Å². The lowest BCUT2D eigenvalue weighted by Crippen LogP contribution is -2.68. The Hall–Kier alpha value is -3.36. The van der Waals surface area contributed by atoms with Crippen LogP contribution in [0.1, 0.15) is 22.3 Å². The summed E-state index contributed by atoms with van der Waals surface area (Å²) in [5.74, 6) is 0. The van der Waals surface area contributed by atoms with E-state index < -0.39 is 30.2 Å². The average Bonchev–Trinajstić information content (AvgIpc) is 3.00. The van der Waals surface area contributed by atoms with E-state index in [1.54, 1.807) is 0 Å². The Morgan fingerprint density at radius 3 is 1.48 bits per heavy atom. The summed E-state index contributed by atoms with van der Waals surface area (Å²) < 4.78 is 24.9. The SMILES string of the molecule is O[C@H]1O[C@@](COCc2ccccc2)(Cc2ccccc2)[C@@H](O)[C@H](OCc2ccccc2)[C@H]1OCc1ccccc1.